The summed E-state index contributed by atoms with van der Waals surface area (Å²) in [7, 11) is 0. The number of hydrogen-bond donors (Lipinski definition) is 3. The molecule has 0 rings (SSSR count). The van der Waals surface area contributed by atoms with E-state index in [0.29, 0.717) is 19.4 Å². The summed E-state index contributed by atoms with van der Waals surface area (Å²) in [5.41, 5.74) is 0. The van der Waals surface area contributed by atoms with Gasteiger partial charge in [0.05, 0.1) is 25.4 Å². The predicted octanol–water partition coefficient (Wildman–Crippen LogP) is 23.9. The Labute approximate surface area is 501 Å². The molecule has 0 heterocycles. The van der Waals surface area contributed by atoms with Gasteiger partial charge in [0.2, 0.25) is 5.91 Å². The maximum Gasteiger partial charge on any atom is 0.305 e. The Morgan fingerprint density at radius 2 is 0.575 bits per heavy atom. The first kappa shape index (κ1) is 78.6. The van der Waals surface area contributed by atoms with Crippen LogP contribution in [0.15, 0.2) is 12.2 Å². The molecule has 0 radical (unpaired) electrons. The van der Waals surface area contributed by atoms with Gasteiger partial charge in [0.1, 0.15) is 0 Å². The van der Waals surface area contributed by atoms with Crippen molar-refractivity contribution in [1.29, 1.82) is 0 Å². The summed E-state index contributed by atoms with van der Waals surface area (Å²) in [4.78, 5) is 24.6. The molecule has 0 saturated carbocycles. The molecule has 0 aromatic heterocycles. The van der Waals surface area contributed by atoms with Gasteiger partial charge < -0.3 is 20.3 Å². The molecule has 0 aromatic rings. The van der Waals surface area contributed by atoms with E-state index in [0.717, 1.165) is 38.5 Å². The van der Waals surface area contributed by atoms with Gasteiger partial charge in [-0.3, -0.25) is 9.59 Å². The zero-order chi connectivity index (χ0) is 57.8. The number of amides is 1. The number of hydrogen-bond acceptors (Lipinski definition) is 5. The molecule has 0 spiro atoms. The summed E-state index contributed by atoms with van der Waals surface area (Å²) in [5.74, 6) is -0.0413. The third-order valence-electron chi connectivity index (χ3n) is 17.6. The molecule has 0 aliphatic carbocycles. The van der Waals surface area contributed by atoms with Gasteiger partial charge in [-0.15, -0.1) is 0 Å². The van der Waals surface area contributed by atoms with Crippen LogP contribution in [0, 0.1) is 0 Å². The van der Waals surface area contributed by atoms with Crippen LogP contribution < -0.4 is 5.32 Å². The zero-order valence-corrected chi connectivity index (χ0v) is 54.6. The normalized spacial score (nSPS) is 12.5. The highest BCUT2D eigenvalue weighted by atomic mass is 16.5. The fraction of sp³-hybridized carbons (Fsp3) is 0.946. The van der Waals surface area contributed by atoms with Crippen LogP contribution in [0.3, 0.4) is 0 Å². The summed E-state index contributed by atoms with van der Waals surface area (Å²) in [6.45, 7) is 4.95. The minimum Gasteiger partial charge on any atom is -0.466 e. The lowest BCUT2D eigenvalue weighted by atomic mass is 10.0. The highest BCUT2D eigenvalue weighted by molar-refractivity contribution is 5.76. The van der Waals surface area contributed by atoms with Crippen LogP contribution in [0.1, 0.15) is 425 Å². The quantitative estimate of drug-likeness (QED) is 0.0320. The number of aliphatic hydroxyl groups is 2. The van der Waals surface area contributed by atoms with Crippen LogP contribution in [0.5, 0.6) is 0 Å². The first-order chi connectivity index (χ1) is 39.5. The predicted molar refractivity (Wildman–Crippen MR) is 352 cm³/mol. The second-order valence-electron chi connectivity index (χ2n) is 25.6. The molecule has 2 unspecified atom stereocenters. The van der Waals surface area contributed by atoms with Gasteiger partial charge in [-0.1, -0.05) is 392 Å². The molecule has 0 aliphatic heterocycles. The molecule has 2 atom stereocenters. The third kappa shape index (κ3) is 65.7. The highest BCUT2D eigenvalue weighted by Crippen LogP contribution is 2.20. The molecule has 0 bridgehead atoms. The van der Waals surface area contributed by atoms with Crippen molar-refractivity contribution < 1.29 is 24.5 Å². The summed E-state index contributed by atoms with van der Waals surface area (Å²) >= 11 is 0. The van der Waals surface area contributed by atoms with Crippen molar-refractivity contribution in [2.24, 2.45) is 0 Å². The summed E-state index contributed by atoms with van der Waals surface area (Å²) in [5, 5.41) is 23.3. The molecule has 80 heavy (non-hydrogen) atoms. The second kappa shape index (κ2) is 70.1. The van der Waals surface area contributed by atoms with Crippen LogP contribution in [0.4, 0.5) is 0 Å². The fourth-order valence-electron chi connectivity index (χ4n) is 11.9. The van der Waals surface area contributed by atoms with E-state index >= 15 is 0 Å². The van der Waals surface area contributed by atoms with Crippen LogP contribution in [-0.4, -0.2) is 47.4 Å². The van der Waals surface area contributed by atoms with Crippen molar-refractivity contribution in [3.05, 3.63) is 12.2 Å². The van der Waals surface area contributed by atoms with Gasteiger partial charge in [-0.05, 0) is 32.1 Å². The van der Waals surface area contributed by atoms with E-state index in [-0.39, 0.29) is 18.5 Å². The van der Waals surface area contributed by atoms with Gasteiger partial charge in [0, 0.05) is 12.8 Å². The van der Waals surface area contributed by atoms with E-state index in [2.05, 4.69) is 19.2 Å². The van der Waals surface area contributed by atoms with Crippen molar-refractivity contribution >= 4 is 11.9 Å². The zero-order valence-electron chi connectivity index (χ0n) is 54.6. The van der Waals surface area contributed by atoms with Crippen LogP contribution in [0.2, 0.25) is 0 Å². The van der Waals surface area contributed by atoms with Crippen molar-refractivity contribution in [3.63, 3.8) is 0 Å². The largest absolute Gasteiger partial charge is 0.466 e. The highest BCUT2D eigenvalue weighted by Gasteiger charge is 2.18. The van der Waals surface area contributed by atoms with Crippen LogP contribution >= 0.6 is 0 Å². The average Bonchev–Trinajstić information content (AvgIpc) is 3.46. The molecular weight excluding hydrogens is 983 g/mol. The van der Waals surface area contributed by atoms with Crippen molar-refractivity contribution in [1.82, 2.24) is 5.32 Å². The Hall–Kier alpha value is -1.40. The number of allylic oxidation sites excluding steroid dienone is 1. The molecule has 0 aliphatic rings. The molecule has 0 saturated heterocycles. The number of ether oxygens (including phenoxy) is 1. The van der Waals surface area contributed by atoms with Crippen molar-refractivity contribution in [2.75, 3.05) is 13.2 Å². The topological polar surface area (TPSA) is 95.9 Å². The Bertz CT molecular complexity index is 1210. The summed E-state index contributed by atoms with van der Waals surface area (Å²) in [6, 6.07) is -0.626. The van der Waals surface area contributed by atoms with Gasteiger partial charge >= 0.3 is 5.97 Å². The van der Waals surface area contributed by atoms with E-state index in [1.807, 2.05) is 6.08 Å². The molecule has 1 amide bonds. The second-order valence-corrected chi connectivity index (χ2v) is 25.6. The Morgan fingerprint density at radius 3 is 0.850 bits per heavy atom. The van der Waals surface area contributed by atoms with Crippen molar-refractivity contribution in [2.45, 2.75) is 437 Å². The molecule has 6 heteroatoms. The number of carbonyl (C=O) groups is 2. The lowest BCUT2D eigenvalue weighted by Crippen LogP contribution is -2.45. The van der Waals surface area contributed by atoms with E-state index in [4.69, 9.17) is 4.74 Å². The minimum atomic E-state index is -0.843. The molecule has 6 nitrogen and oxygen atoms in total. The van der Waals surface area contributed by atoms with Gasteiger partial charge in [-0.25, -0.2) is 0 Å². The van der Waals surface area contributed by atoms with E-state index in [1.165, 1.54) is 360 Å². The SMILES string of the molecule is CCCCCCCCCCCCCCCCCCCCCCCCC/C=C/C(O)C(CO)NC(=O)CCCCCCCCCCCCCCCCCCCCCCCCCCCCCOC(=O)CCCCCCCCCCCCC. The lowest BCUT2D eigenvalue weighted by Gasteiger charge is -2.20. The maximum atomic E-state index is 12.5. The number of rotatable bonds is 70. The monoisotopic (exact) mass is 1130 g/mol. The first-order valence-electron chi connectivity index (χ1n) is 37.0. The first-order valence-corrected chi connectivity index (χ1v) is 37.0. The minimum absolute atomic E-state index is 0.0185. The number of nitrogens with one attached hydrogen (secondary N) is 1. The van der Waals surface area contributed by atoms with E-state index < -0.39 is 12.1 Å². The standard InChI is InChI=1S/C74H145NO5/c1-3-5-7-9-11-13-15-16-17-18-19-20-21-25-28-31-34-37-40-43-47-50-54-58-62-66-72(77)71(70-76)75-73(78)67-63-59-55-51-48-44-41-38-35-32-29-26-23-22-24-27-30-33-36-39-42-45-49-53-57-61-65-69-80-74(79)68-64-60-56-52-46-14-12-10-8-6-4-2/h62,66,71-72,76-77H,3-61,63-65,67-70H2,1-2H3,(H,75,78)/b66-62+. The Morgan fingerprint density at radius 1 is 0.338 bits per heavy atom. The van der Waals surface area contributed by atoms with Gasteiger partial charge in [-0.2, -0.15) is 0 Å². The van der Waals surface area contributed by atoms with Gasteiger partial charge in [0.15, 0.2) is 0 Å². The van der Waals surface area contributed by atoms with E-state index in [1.54, 1.807) is 6.08 Å². The third-order valence-corrected chi connectivity index (χ3v) is 17.6. The molecule has 0 fully saturated rings. The van der Waals surface area contributed by atoms with Crippen molar-refractivity contribution in [3.8, 4) is 0 Å². The molecule has 0 aromatic carbocycles. The molecular formula is C74H145NO5. The summed E-state index contributed by atoms with van der Waals surface area (Å²) in [6.07, 6.45) is 87.4. The van der Waals surface area contributed by atoms with Crippen LogP contribution in [0.25, 0.3) is 0 Å². The number of aliphatic hydroxyl groups excluding tert-OH is 2. The molecule has 476 valence electrons. The Kier molecular flexibility index (Phi) is 68.9. The number of esters is 1. The van der Waals surface area contributed by atoms with E-state index in [9.17, 15) is 19.8 Å². The summed E-state index contributed by atoms with van der Waals surface area (Å²) < 4.78 is 5.48. The number of carbonyl (C=O) groups excluding carboxylic acids is 2. The lowest BCUT2D eigenvalue weighted by molar-refractivity contribution is -0.143. The smallest absolute Gasteiger partial charge is 0.305 e. The van der Waals surface area contributed by atoms with Crippen LogP contribution in [-0.2, 0) is 14.3 Å². The Balaban J connectivity index is 3.38. The fourth-order valence-corrected chi connectivity index (χ4v) is 11.9. The van der Waals surface area contributed by atoms with Gasteiger partial charge in [0.25, 0.3) is 0 Å². The maximum absolute atomic E-state index is 12.5. The molecule has 3 N–H and O–H groups in total. The number of unbranched alkanes of at least 4 members (excludes halogenated alkanes) is 59. The average molecular weight is 1130 g/mol.